The van der Waals surface area contributed by atoms with Crippen LogP contribution in [0.3, 0.4) is 0 Å². The molecule has 0 aliphatic carbocycles. The van der Waals surface area contributed by atoms with Crippen molar-refractivity contribution in [3.8, 4) is 11.5 Å². The highest BCUT2D eigenvalue weighted by molar-refractivity contribution is 5.77. The summed E-state index contributed by atoms with van der Waals surface area (Å²) in [7, 11) is 0. The fourth-order valence-corrected chi connectivity index (χ4v) is 1.94. The SMILES string of the molecule is CC(CN)CNC(=O)COc1ccc(OCc2ccccc2)cc1. The summed E-state index contributed by atoms with van der Waals surface area (Å²) in [6, 6.07) is 17.2. The van der Waals surface area contributed by atoms with E-state index in [1.165, 1.54) is 0 Å². The average Bonchev–Trinajstić information content (AvgIpc) is 2.64. The van der Waals surface area contributed by atoms with Gasteiger partial charge in [-0.15, -0.1) is 0 Å². The summed E-state index contributed by atoms with van der Waals surface area (Å²) >= 11 is 0. The highest BCUT2D eigenvalue weighted by Crippen LogP contribution is 2.18. The molecule has 0 heterocycles. The lowest BCUT2D eigenvalue weighted by Gasteiger charge is -2.11. The Labute approximate surface area is 142 Å². The van der Waals surface area contributed by atoms with E-state index in [0.717, 1.165) is 11.3 Å². The fourth-order valence-electron chi connectivity index (χ4n) is 1.94. The number of hydrogen-bond acceptors (Lipinski definition) is 4. The monoisotopic (exact) mass is 328 g/mol. The zero-order chi connectivity index (χ0) is 17.2. The first-order chi connectivity index (χ1) is 11.7. The van der Waals surface area contributed by atoms with E-state index < -0.39 is 0 Å². The average molecular weight is 328 g/mol. The Kier molecular flexibility index (Phi) is 7.11. The van der Waals surface area contributed by atoms with Crippen LogP contribution >= 0.6 is 0 Å². The summed E-state index contributed by atoms with van der Waals surface area (Å²) in [6.07, 6.45) is 0. The lowest BCUT2D eigenvalue weighted by atomic mass is 10.2. The van der Waals surface area contributed by atoms with Gasteiger partial charge in [0.1, 0.15) is 18.1 Å². The molecule has 3 N–H and O–H groups in total. The molecule has 0 aromatic heterocycles. The van der Waals surface area contributed by atoms with E-state index in [9.17, 15) is 4.79 Å². The number of ether oxygens (including phenoxy) is 2. The smallest absolute Gasteiger partial charge is 0.257 e. The maximum Gasteiger partial charge on any atom is 0.257 e. The number of nitrogens with two attached hydrogens (primary N) is 1. The van der Waals surface area contributed by atoms with E-state index in [0.29, 0.717) is 25.4 Å². The van der Waals surface area contributed by atoms with Gasteiger partial charge in [0.15, 0.2) is 6.61 Å². The summed E-state index contributed by atoms with van der Waals surface area (Å²) in [5, 5.41) is 2.78. The van der Waals surface area contributed by atoms with Gasteiger partial charge in [0.2, 0.25) is 0 Å². The van der Waals surface area contributed by atoms with Crippen LogP contribution in [0.1, 0.15) is 12.5 Å². The van der Waals surface area contributed by atoms with Crippen LogP contribution in [0, 0.1) is 5.92 Å². The highest BCUT2D eigenvalue weighted by atomic mass is 16.5. The van der Waals surface area contributed by atoms with Crippen LogP contribution in [0.15, 0.2) is 54.6 Å². The molecule has 0 aliphatic heterocycles. The topological polar surface area (TPSA) is 73.6 Å². The molecular weight excluding hydrogens is 304 g/mol. The number of nitrogens with one attached hydrogen (secondary N) is 1. The Morgan fingerprint density at radius 2 is 1.67 bits per heavy atom. The molecule has 5 heteroatoms. The molecule has 0 fully saturated rings. The second kappa shape index (κ2) is 9.57. The normalized spacial score (nSPS) is 11.6. The van der Waals surface area contributed by atoms with Crippen molar-refractivity contribution in [1.82, 2.24) is 5.32 Å². The van der Waals surface area contributed by atoms with Crippen molar-refractivity contribution < 1.29 is 14.3 Å². The van der Waals surface area contributed by atoms with Crippen LogP contribution in [-0.4, -0.2) is 25.6 Å². The van der Waals surface area contributed by atoms with E-state index >= 15 is 0 Å². The Hall–Kier alpha value is -2.53. The van der Waals surface area contributed by atoms with E-state index in [4.69, 9.17) is 15.2 Å². The van der Waals surface area contributed by atoms with Crippen LogP contribution in [0.5, 0.6) is 11.5 Å². The summed E-state index contributed by atoms with van der Waals surface area (Å²) < 4.78 is 11.2. The van der Waals surface area contributed by atoms with Crippen molar-refractivity contribution in [1.29, 1.82) is 0 Å². The van der Waals surface area contributed by atoms with Gasteiger partial charge in [-0.2, -0.15) is 0 Å². The minimum Gasteiger partial charge on any atom is -0.489 e. The van der Waals surface area contributed by atoms with Gasteiger partial charge in [0.25, 0.3) is 5.91 Å². The number of rotatable bonds is 9. The fraction of sp³-hybridized carbons (Fsp3) is 0.316. The largest absolute Gasteiger partial charge is 0.489 e. The van der Waals surface area contributed by atoms with Crippen molar-refractivity contribution in [3.63, 3.8) is 0 Å². The van der Waals surface area contributed by atoms with E-state index in [1.54, 1.807) is 12.1 Å². The molecule has 0 bridgehead atoms. The molecule has 128 valence electrons. The van der Waals surface area contributed by atoms with Gasteiger partial charge in [0.05, 0.1) is 0 Å². The van der Waals surface area contributed by atoms with E-state index in [1.807, 2.05) is 49.4 Å². The first-order valence-electron chi connectivity index (χ1n) is 8.03. The van der Waals surface area contributed by atoms with Crippen molar-refractivity contribution in [2.24, 2.45) is 11.7 Å². The van der Waals surface area contributed by atoms with Crippen LogP contribution in [0.2, 0.25) is 0 Å². The molecule has 0 aliphatic rings. The summed E-state index contributed by atoms with van der Waals surface area (Å²) in [5.74, 6) is 1.49. The minimum atomic E-state index is -0.153. The lowest BCUT2D eigenvalue weighted by Crippen LogP contribution is -2.34. The number of hydrogen-bond donors (Lipinski definition) is 2. The van der Waals surface area contributed by atoms with E-state index in [2.05, 4.69) is 5.32 Å². The van der Waals surface area contributed by atoms with Gasteiger partial charge in [-0.05, 0) is 42.3 Å². The lowest BCUT2D eigenvalue weighted by molar-refractivity contribution is -0.123. The molecule has 2 aromatic carbocycles. The molecular formula is C19H24N2O3. The Morgan fingerprint density at radius 1 is 1.04 bits per heavy atom. The number of amides is 1. The summed E-state index contributed by atoms with van der Waals surface area (Å²) in [4.78, 5) is 11.7. The predicted octanol–water partition coefficient (Wildman–Crippen LogP) is 2.36. The maximum atomic E-state index is 11.7. The van der Waals surface area contributed by atoms with Crippen LogP contribution in [0.25, 0.3) is 0 Å². The van der Waals surface area contributed by atoms with Crippen LogP contribution in [0.4, 0.5) is 0 Å². The predicted molar refractivity (Wildman–Crippen MR) is 93.9 cm³/mol. The van der Waals surface area contributed by atoms with Gasteiger partial charge < -0.3 is 20.5 Å². The van der Waals surface area contributed by atoms with Gasteiger partial charge in [-0.3, -0.25) is 4.79 Å². The molecule has 2 rings (SSSR count). The summed E-state index contributed by atoms with van der Waals surface area (Å²) in [6.45, 7) is 3.59. The molecule has 1 amide bonds. The minimum absolute atomic E-state index is 0.0124. The Morgan fingerprint density at radius 3 is 2.29 bits per heavy atom. The zero-order valence-corrected chi connectivity index (χ0v) is 13.9. The third kappa shape index (κ3) is 6.30. The van der Waals surface area contributed by atoms with E-state index in [-0.39, 0.29) is 18.4 Å². The summed E-state index contributed by atoms with van der Waals surface area (Å²) in [5.41, 5.74) is 6.62. The first kappa shape index (κ1) is 17.8. The van der Waals surface area contributed by atoms with Gasteiger partial charge in [-0.1, -0.05) is 37.3 Å². The second-order valence-electron chi connectivity index (χ2n) is 5.68. The molecule has 0 saturated carbocycles. The van der Waals surface area contributed by atoms with Crippen LogP contribution in [-0.2, 0) is 11.4 Å². The molecule has 1 unspecified atom stereocenters. The highest BCUT2D eigenvalue weighted by Gasteiger charge is 2.05. The third-order valence-electron chi connectivity index (χ3n) is 3.49. The zero-order valence-electron chi connectivity index (χ0n) is 13.9. The van der Waals surface area contributed by atoms with Crippen molar-refractivity contribution in [2.45, 2.75) is 13.5 Å². The molecule has 5 nitrogen and oxygen atoms in total. The molecule has 0 radical (unpaired) electrons. The van der Waals surface area contributed by atoms with Crippen molar-refractivity contribution >= 4 is 5.91 Å². The van der Waals surface area contributed by atoms with Crippen molar-refractivity contribution in [3.05, 3.63) is 60.2 Å². The first-order valence-corrected chi connectivity index (χ1v) is 8.03. The van der Waals surface area contributed by atoms with Gasteiger partial charge in [-0.25, -0.2) is 0 Å². The number of benzene rings is 2. The standard InChI is InChI=1S/C19H24N2O3/c1-15(11-20)12-21-19(22)14-24-18-9-7-17(8-10-18)23-13-16-5-3-2-4-6-16/h2-10,15H,11-14,20H2,1H3,(H,21,22). The molecule has 1 atom stereocenters. The molecule has 24 heavy (non-hydrogen) atoms. The van der Waals surface area contributed by atoms with Gasteiger partial charge >= 0.3 is 0 Å². The van der Waals surface area contributed by atoms with Crippen molar-refractivity contribution in [2.75, 3.05) is 19.7 Å². The Bertz CT molecular complexity index is 614. The number of carbonyl (C=O) groups excluding carboxylic acids is 1. The molecule has 0 spiro atoms. The maximum absolute atomic E-state index is 11.7. The number of carbonyl (C=O) groups is 1. The van der Waals surface area contributed by atoms with Gasteiger partial charge in [0, 0.05) is 6.54 Å². The second-order valence-corrected chi connectivity index (χ2v) is 5.68. The quantitative estimate of drug-likeness (QED) is 0.741. The van der Waals surface area contributed by atoms with Crippen LogP contribution < -0.4 is 20.5 Å². The third-order valence-corrected chi connectivity index (χ3v) is 3.49. The molecule has 0 saturated heterocycles. The molecule has 2 aromatic rings. The Balaban J connectivity index is 1.72.